The molecule has 0 aromatic heterocycles. The lowest BCUT2D eigenvalue weighted by Crippen LogP contribution is -2.24. The third-order valence-electron chi connectivity index (χ3n) is 20.7. The number of rotatable bonds is 10. The molecule has 3 aliphatic carbocycles. The van der Waals surface area contributed by atoms with Gasteiger partial charge in [0.2, 0.25) is 0 Å². The minimum Gasteiger partial charge on any atom is -0.308 e. The zero-order chi connectivity index (χ0) is 63.1. The lowest BCUT2D eigenvalue weighted by atomic mass is 9.68. The average molecular weight is 1200 g/mol. The highest BCUT2D eigenvalue weighted by Gasteiger charge is 2.40. The summed E-state index contributed by atoms with van der Waals surface area (Å²) in [5.74, 6) is -0.597. The highest BCUT2D eigenvalue weighted by Crippen LogP contribution is 2.57. The summed E-state index contributed by atoms with van der Waals surface area (Å²) in [5.41, 5.74) is 24.3. The van der Waals surface area contributed by atoms with E-state index in [4.69, 9.17) is 0 Å². The van der Waals surface area contributed by atoms with Gasteiger partial charge in [-0.15, -0.1) is 0 Å². The number of halogens is 2. The first-order valence-electron chi connectivity index (χ1n) is 32.3. The van der Waals surface area contributed by atoms with Crippen LogP contribution >= 0.6 is 0 Å². The average Bonchev–Trinajstić information content (AvgIpc) is 1.42. The fourth-order valence-corrected chi connectivity index (χ4v) is 15.9. The minimum absolute atomic E-state index is 0.295. The molecule has 93 heavy (non-hydrogen) atoms. The van der Waals surface area contributed by atoms with Gasteiger partial charge in [0.05, 0.1) is 11.4 Å². The Morgan fingerprint density at radius 1 is 0.237 bits per heavy atom. The molecule has 0 atom stereocenters. The second-order valence-electron chi connectivity index (χ2n) is 27.1. The number of benzene rings is 14. The predicted molar refractivity (Wildman–Crippen MR) is 385 cm³/mol. The third-order valence-corrected chi connectivity index (χ3v) is 20.7. The van der Waals surface area contributed by atoms with Crippen LogP contribution in [0.25, 0.3) is 99.4 Å². The second-order valence-corrected chi connectivity index (χ2v) is 27.1. The van der Waals surface area contributed by atoms with Crippen LogP contribution in [0.4, 0.5) is 42.9 Å². The van der Waals surface area contributed by atoms with Crippen molar-refractivity contribution in [2.24, 2.45) is 0 Å². The van der Waals surface area contributed by atoms with E-state index in [1.54, 1.807) is 0 Å². The van der Waals surface area contributed by atoms with Crippen molar-refractivity contribution in [1.82, 2.24) is 0 Å². The normalized spacial score (nSPS) is 14.1. The molecule has 17 rings (SSSR count). The maximum Gasteiger partial charge on any atom is 0.155 e. The van der Waals surface area contributed by atoms with Crippen molar-refractivity contribution in [3.8, 4) is 77.9 Å². The number of hydrogen-bond donors (Lipinski definition) is 0. The summed E-state index contributed by atoms with van der Waals surface area (Å²) in [6.07, 6.45) is 0. The first-order valence-corrected chi connectivity index (χ1v) is 32.3. The second kappa shape index (κ2) is 21.1. The molecule has 0 heterocycles. The number of fused-ring (bicyclic) bond motifs is 10. The van der Waals surface area contributed by atoms with Gasteiger partial charge in [-0.1, -0.05) is 254 Å². The predicted octanol–water partition coefficient (Wildman–Crippen LogP) is 24.8. The van der Waals surface area contributed by atoms with E-state index in [1.165, 1.54) is 55.5 Å². The fraction of sp³-hybridized carbons (Fsp3) is 0.101. The van der Waals surface area contributed by atoms with Crippen LogP contribution in [0.2, 0.25) is 0 Å². The first kappa shape index (κ1) is 56.1. The van der Waals surface area contributed by atoms with Gasteiger partial charge in [-0.2, -0.15) is 0 Å². The van der Waals surface area contributed by atoms with Gasteiger partial charge in [-0.25, -0.2) is 8.78 Å². The van der Waals surface area contributed by atoms with Crippen molar-refractivity contribution in [2.75, 3.05) is 9.80 Å². The highest BCUT2D eigenvalue weighted by molar-refractivity contribution is 6.18. The van der Waals surface area contributed by atoms with Crippen molar-refractivity contribution in [3.05, 3.63) is 336 Å². The maximum absolute atomic E-state index is 18.4. The summed E-state index contributed by atoms with van der Waals surface area (Å²) in [5, 5.41) is 4.45. The van der Waals surface area contributed by atoms with E-state index in [0.29, 0.717) is 22.5 Å². The van der Waals surface area contributed by atoms with Crippen LogP contribution in [0.5, 0.6) is 0 Å². The van der Waals surface area contributed by atoms with Gasteiger partial charge < -0.3 is 9.80 Å². The van der Waals surface area contributed by atoms with E-state index in [1.807, 2.05) is 121 Å². The summed E-state index contributed by atoms with van der Waals surface area (Å²) in [4.78, 5) is 4.31. The van der Waals surface area contributed by atoms with Crippen LogP contribution in [-0.4, -0.2) is 0 Å². The Hall–Kier alpha value is -10.9. The number of anilines is 6. The van der Waals surface area contributed by atoms with E-state index in [0.717, 1.165) is 89.0 Å². The molecule has 2 nitrogen and oxygen atoms in total. The SMILES string of the molecule is CC1(C)c2ccccc2-c2ccc(N(c3ccc4c(c3)C(C)(C)c3cccc5c3c-4cc3ccc(N(c4ccc6c(c4)C(C)(C)c4ccccc4-6)c4cc(-c6ccccc6)cc(-c6ccccc6)c4F)cc35)c3cc(-c4ccccc4)cc(-c4ccccc4)c3F)cc21. The quantitative estimate of drug-likeness (QED) is 0.126. The number of hydrogen-bond acceptors (Lipinski definition) is 2. The first-order chi connectivity index (χ1) is 45.2. The van der Waals surface area contributed by atoms with Gasteiger partial charge >= 0.3 is 0 Å². The van der Waals surface area contributed by atoms with E-state index >= 15 is 8.78 Å². The third kappa shape index (κ3) is 8.72. The standard InChI is InChI=1S/C89H66F2N2/c1-87(2)76-35-21-19-32-66(76)68-43-40-63(52-79(68)87)92(82-49-60(55-24-11-7-12-25-55)47-73(85(82)90)57-28-15-9-16-29-57)62-39-38-59-46-75-70-45-42-65(54-81(70)89(5,6)78-37-23-34-71(84(75)78)72(59)51-62)93(64-41-44-69-67-33-20-22-36-77(67)88(3,4)80(69)53-64)83-50-61(56-26-13-8-14-27-56)48-74(86(83)91)58-30-17-10-18-31-58/h7-54H,1-6H3. The Morgan fingerprint density at radius 2 is 0.591 bits per heavy atom. The molecule has 0 aliphatic heterocycles. The largest absolute Gasteiger partial charge is 0.308 e. The van der Waals surface area contributed by atoms with Crippen LogP contribution < -0.4 is 9.80 Å². The molecular weight excluding hydrogens is 1130 g/mol. The Bertz CT molecular complexity index is 5380. The maximum atomic E-state index is 18.4. The van der Waals surface area contributed by atoms with Crippen molar-refractivity contribution < 1.29 is 8.78 Å². The van der Waals surface area contributed by atoms with Gasteiger partial charge in [-0.3, -0.25) is 0 Å². The topological polar surface area (TPSA) is 6.48 Å². The van der Waals surface area contributed by atoms with Crippen LogP contribution in [0.1, 0.15) is 74.9 Å². The Kier molecular flexibility index (Phi) is 12.7. The minimum atomic E-state index is -0.522. The molecule has 0 saturated heterocycles. The molecular formula is C89H66F2N2. The van der Waals surface area contributed by atoms with Crippen molar-refractivity contribution in [3.63, 3.8) is 0 Å². The lowest BCUT2D eigenvalue weighted by Gasteiger charge is -2.37. The number of nitrogens with zero attached hydrogens (tertiary/aromatic N) is 2. The molecule has 0 bridgehead atoms. The smallest absolute Gasteiger partial charge is 0.155 e. The molecule has 14 aromatic rings. The van der Waals surface area contributed by atoms with Gasteiger partial charge in [0.15, 0.2) is 11.6 Å². The molecule has 3 aliphatic rings. The van der Waals surface area contributed by atoms with E-state index < -0.39 is 5.41 Å². The Balaban J connectivity index is 0.862. The van der Waals surface area contributed by atoms with Crippen molar-refractivity contribution in [1.29, 1.82) is 0 Å². The molecule has 4 heteroatoms. The molecule has 14 aromatic carbocycles. The monoisotopic (exact) mass is 1200 g/mol. The molecule has 0 N–H and O–H groups in total. The molecule has 0 radical (unpaired) electrons. The van der Waals surface area contributed by atoms with Crippen LogP contribution in [0.3, 0.4) is 0 Å². The van der Waals surface area contributed by atoms with Gasteiger partial charge in [0.1, 0.15) is 0 Å². The molecule has 0 unspecified atom stereocenters. The van der Waals surface area contributed by atoms with Gasteiger partial charge in [0, 0.05) is 50.1 Å². The fourth-order valence-electron chi connectivity index (χ4n) is 15.9. The van der Waals surface area contributed by atoms with Crippen molar-refractivity contribution in [2.45, 2.75) is 57.8 Å². The highest BCUT2D eigenvalue weighted by atomic mass is 19.1. The summed E-state index contributed by atoms with van der Waals surface area (Å²) in [6, 6.07) is 102. The molecule has 0 saturated carbocycles. The molecule has 0 spiro atoms. The summed E-state index contributed by atoms with van der Waals surface area (Å²) >= 11 is 0. The molecule has 0 fully saturated rings. The Morgan fingerprint density at radius 3 is 1.04 bits per heavy atom. The van der Waals surface area contributed by atoms with E-state index in [-0.39, 0.29) is 22.5 Å². The van der Waals surface area contributed by atoms with Crippen LogP contribution in [0.15, 0.2) is 291 Å². The zero-order valence-corrected chi connectivity index (χ0v) is 52.9. The Labute approximate surface area is 543 Å². The molecule has 0 amide bonds. The summed E-state index contributed by atoms with van der Waals surface area (Å²) in [7, 11) is 0. The van der Waals surface area contributed by atoms with Gasteiger partial charge in [0.25, 0.3) is 0 Å². The van der Waals surface area contributed by atoms with Crippen LogP contribution in [-0.2, 0) is 16.2 Å². The van der Waals surface area contributed by atoms with E-state index in [9.17, 15) is 0 Å². The van der Waals surface area contributed by atoms with Crippen LogP contribution in [0, 0.1) is 11.6 Å². The van der Waals surface area contributed by atoms with E-state index in [2.05, 4.69) is 221 Å². The zero-order valence-electron chi connectivity index (χ0n) is 52.9. The lowest BCUT2D eigenvalue weighted by molar-refractivity contribution is 0.631. The molecule has 446 valence electrons. The summed E-state index contributed by atoms with van der Waals surface area (Å²) < 4.78 is 36.9. The van der Waals surface area contributed by atoms with Crippen molar-refractivity contribution >= 4 is 55.7 Å². The summed E-state index contributed by atoms with van der Waals surface area (Å²) in [6.45, 7) is 13.9. The van der Waals surface area contributed by atoms with Gasteiger partial charge in [-0.05, 0) is 201 Å².